The molecule has 22 heavy (non-hydrogen) atoms. The lowest BCUT2D eigenvalue weighted by atomic mass is 10.2. The standard InChI is InChI=1S/C16H16N2O4/c1-10(2)12-8-18-7-3-4-13(15(18)17-12)21-9-11-5-6-14(22-11)16(19)20/h3-8,10H,9H2,1-2H3,(H,19,20). The minimum atomic E-state index is -1.09. The van der Waals surface area contributed by atoms with Gasteiger partial charge in [0.25, 0.3) is 0 Å². The fourth-order valence-electron chi connectivity index (χ4n) is 2.12. The van der Waals surface area contributed by atoms with Gasteiger partial charge in [-0.2, -0.15) is 0 Å². The zero-order chi connectivity index (χ0) is 15.7. The molecule has 0 saturated carbocycles. The van der Waals surface area contributed by atoms with E-state index < -0.39 is 5.97 Å². The van der Waals surface area contributed by atoms with Crippen molar-refractivity contribution in [2.24, 2.45) is 0 Å². The van der Waals surface area contributed by atoms with Crippen LogP contribution in [0, 0.1) is 0 Å². The molecule has 0 aliphatic rings. The Hall–Kier alpha value is -2.76. The van der Waals surface area contributed by atoms with Gasteiger partial charge in [-0.25, -0.2) is 9.78 Å². The van der Waals surface area contributed by atoms with Crippen LogP contribution < -0.4 is 4.74 Å². The highest BCUT2D eigenvalue weighted by Gasteiger charge is 2.12. The molecular formula is C16H16N2O4. The average molecular weight is 300 g/mol. The van der Waals surface area contributed by atoms with Crippen molar-refractivity contribution in [3.63, 3.8) is 0 Å². The number of rotatable bonds is 5. The first kappa shape index (κ1) is 14.2. The van der Waals surface area contributed by atoms with E-state index in [0.29, 0.717) is 17.4 Å². The summed E-state index contributed by atoms with van der Waals surface area (Å²) >= 11 is 0. The molecule has 0 bridgehead atoms. The minimum absolute atomic E-state index is 0.0975. The predicted molar refractivity (Wildman–Crippen MR) is 79.3 cm³/mol. The van der Waals surface area contributed by atoms with Gasteiger partial charge in [0.05, 0.1) is 5.69 Å². The average Bonchev–Trinajstić information content (AvgIpc) is 3.11. The van der Waals surface area contributed by atoms with E-state index in [4.69, 9.17) is 14.3 Å². The number of carboxylic acid groups (broad SMARTS) is 1. The highest BCUT2D eigenvalue weighted by atomic mass is 16.5. The molecule has 6 heteroatoms. The van der Waals surface area contributed by atoms with Crippen molar-refractivity contribution in [1.82, 2.24) is 9.38 Å². The molecule has 3 aromatic rings. The normalized spacial score (nSPS) is 11.2. The van der Waals surface area contributed by atoms with Gasteiger partial charge in [0.2, 0.25) is 5.76 Å². The van der Waals surface area contributed by atoms with Crippen LogP contribution in [0.4, 0.5) is 0 Å². The second kappa shape index (κ2) is 5.55. The number of ether oxygens (including phenoxy) is 1. The lowest BCUT2D eigenvalue weighted by molar-refractivity contribution is 0.0658. The van der Waals surface area contributed by atoms with Gasteiger partial charge in [0.1, 0.15) is 12.4 Å². The summed E-state index contributed by atoms with van der Waals surface area (Å²) in [4.78, 5) is 15.4. The van der Waals surface area contributed by atoms with E-state index in [-0.39, 0.29) is 12.4 Å². The summed E-state index contributed by atoms with van der Waals surface area (Å²) in [7, 11) is 0. The minimum Gasteiger partial charge on any atom is -0.482 e. The Morgan fingerprint density at radius 1 is 1.41 bits per heavy atom. The third-order valence-corrected chi connectivity index (χ3v) is 3.30. The molecule has 3 rings (SSSR count). The van der Waals surface area contributed by atoms with Crippen molar-refractivity contribution in [2.45, 2.75) is 26.4 Å². The monoisotopic (exact) mass is 300 g/mol. The van der Waals surface area contributed by atoms with Crippen molar-refractivity contribution in [3.8, 4) is 5.75 Å². The Morgan fingerprint density at radius 2 is 2.23 bits per heavy atom. The summed E-state index contributed by atoms with van der Waals surface area (Å²) < 4.78 is 12.8. The van der Waals surface area contributed by atoms with Crippen LogP contribution in [-0.2, 0) is 6.61 Å². The van der Waals surface area contributed by atoms with Crippen molar-refractivity contribution in [1.29, 1.82) is 0 Å². The van der Waals surface area contributed by atoms with Crippen molar-refractivity contribution < 1.29 is 19.1 Å². The van der Waals surface area contributed by atoms with E-state index in [1.807, 2.05) is 28.9 Å². The summed E-state index contributed by atoms with van der Waals surface area (Å²) in [6.45, 7) is 4.31. The number of nitrogens with zero attached hydrogens (tertiary/aromatic N) is 2. The zero-order valence-electron chi connectivity index (χ0n) is 12.3. The Kier molecular flexibility index (Phi) is 3.58. The first-order valence-electron chi connectivity index (χ1n) is 6.97. The molecule has 0 spiro atoms. The topological polar surface area (TPSA) is 77.0 Å². The number of carbonyl (C=O) groups is 1. The fourth-order valence-corrected chi connectivity index (χ4v) is 2.12. The van der Waals surface area contributed by atoms with Crippen molar-refractivity contribution in [2.75, 3.05) is 0 Å². The third kappa shape index (κ3) is 2.67. The van der Waals surface area contributed by atoms with Crippen LogP contribution >= 0.6 is 0 Å². The highest BCUT2D eigenvalue weighted by Crippen LogP contribution is 2.23. The highest BCUT2D eigenvalue weighted by molar-refractivity contribution is 5.84. The van der Waals surface area contributed by atoms with Crippen LogP contribution in [-0.4, -0.2) is 20.5 Å². The first-order chi connectivity index (χ1) is 10.5. The van der Waals surface area contributed by atoms with Gasteiger partial charge in [-0.1, -0.05) is 13.8 Å². The molecule has 6 nitrogen and oxygen atoms in total. The molecule has 0 aliphatic carbocycles. The molecule has 0 atom stereocenters. The quantitative estimate of drug-likeness (QED) is 0.782. The summed E-state index contributed by atoms with van der Waals surface area (Å²) in [5.41, 5.74) is 1.72. The van der Waals surface area contributed by atoms with Crippen LogP contribution in [0.3, 0.4) is 0 Å². The summed E-state index contributed by atoms with van der Waals surface area (Å²) in [6, 6.07) is 6.70. The number of aromatic carboxylic acids is 1. The Morgan fingerprint density at radius 3 is 2.91 bits per heavy atom. The summed E-state index contributed by atoms with van der Waals surface area (Å²) in [6.07, 6.45) is 3.89. The van der Waals surface area contributed by atoms with Gasteiger partial charge < -0.3 is 18.7 Å². The smallest absolute Gasteiger partial charge is 0.371 e. The Labute approximate surface area is 127 Å². The molecule has 1 N–H and O–H groups in total. The van der Waals surface area contributed by atoms with Gasteiger partial charge in [-0.15, -0.1) is 0 Å². The lowest BCUT2D eigenvalue weighted by Gasteiger charge is -2.05. The maximum Gasteiger partial charge on any atom is 0.371 e. The van der Waals surface area contributed by atoms with E-state index in [1.54, 1.807) is 6.07 Å². The fraction of sp³-hybridized carbons (Fsp3) is 0.250. The molecule has 0 unspecified atom stereocenters. The molecule has 0 fully saturated rings. The van der Waals surface area contributed by atoms with Gasteiger partial charge in [-0.05, 0) is 30.2 Å². The lowest BCUT2D eigenvalue weighted by Crippen LogP contribution is -1.97. The number of fused-ring (bicyclic) bond motifs is 1. The molecular weight excluding hydrogens is 284 g/mol. The van der Waals surface area contributed by atoms with Crippen LogP contribution in [0.15, 0.2) is 41.1 Å². The molecule has 0 aliphatic heterocycles. The molecule has 0 radical (unpaired) electrons. The van der Waals surface area contributed by atoms with Crippen molar-refractivity contribution >= 4 is 11.6 Å². The number of furan rings is 1. The van der Waals surface area contributed by atoms with Gasteiger partial charge >= 0.3 is 5.97 Å². The van der Waals surface area contributed by atoms with Crippen LogP contribution in [0.1, 0.15) is 41.8 Å². The Bertz CT molecular complexity index is 817. The Balaban J connectivity index is 1.82. The number of hydrogen-bond donors (Lipinski definition) is 1. The van der Waals surface area contributed by atoms with E-state index in [0.717, 1.165) is 11.3 Å². The van der Waals surface area contributed by atoms with E-state index in [1.165, 1.54) is 6.07 Å². The second-order valence-electron chi connectivity index (χ2n) is 5.28. The second-order valence-corrected chi connectivity index (χ2v) is 5.28. The zero-order valence-corrected chi connectivity index (χ0v) is 12.3. The van der Waals surface area contributed by atoms with Gasteiger partial charge in [-0.3, -0.25) is 0 Å². The molecule has 0 amide bonds. The number of pyridine rings is 1. The molecule has 3 aromatic heterocycles. The maximum atomic E-state index is 10.8. The summed E-state index contributed by atoms with van der Waals surface area (Å²) in [5, 5.41) is 8.83. The molecule has 114 valence electrons. The predicted octanol–water partition coefficient (Wildman–Crippen LogP) is 3.33. The number of hydrogen-bond acceptors (Lipinski definition) is 4. The van der Waals surface area contributed by atoms with E-state index in [2.05, 4.69) is 18.8 Å². The number of aromatic nitrogens is 2. The third-order valence-electron chi connectivity index (χ3n) is 3.30. The molecule has 3 heterocycles. The number of carboxylic acids is 1. The van der Waals surface area contributed by atoms with E-state index >= 15 is 0 Å². The maximum absolute atomic E-state index is 10.8. The largest absolute Gasteiger partial charge is 0.482 e. The number of imidazole rings is 1. The van der Waals surface area contributed by atoms with Crippen LogP contribution in [0.5, 0.6) is 5.75 Å². The summed E-state index contributed by atoms with van der Waals surface area (Å²) in [5.74, 6) is 0.219. The van der Waals surface area contributed by atoms with Crippen molar-refractivity contribution in [3.05, 3.63) is 53.9 Å². The van der Waals surface area contributed by atoms with Crippen LogP contribution in [0.25, 0.3) is 5.65 Å². The van der Waals surface area contributed by atoms with Gasteiger partial charge in [0.15, 0.2) is 11.4 Å². The molecule has 0 aromatic carbocycles. The van der Waals surface area contributed by atoms with Gasteiger partial charge in [0, 0.05) is 12.4 Å². The SMILES string of the molecule is CC(C)c1cn2cccc(OCc3ccc(C(=O)O)o3)c2n1. The first-order valence-corrected chi connectivity index (χ1v) is 6.97. The van der Waals surface area contributed by atoms with E-state index in [9.17, 15) is 4.79 Å². The molecule has 0 saturated heterocycles. The van der Waals surface area contributed by atoms with Crippen LogP contribution in [0.2, 0.25) is 0 Å².